The maximum Gasteiger partial charge on any atom is 0.233 e. The highest BCUT2D eigenvalue weighted by Crippen LogP contribution is 2.33. The van der Waals surface area contributed by atoms with E-state index in [9.17, 15) is 4.79 Å². The number of carbonyl (C=O) groups is 1. The van der Waals surface area contributed by atoms with Gasteiger partial charge in [0, 0.05) is 12.6 Å². The molecule has 17 heavy (non-hydrogen) atoms. The molecule has 1 saturated carbocycles. The third kappa shape index (κ3) is 4.66. The summed E-state index contributed by atoms with van der Waals surface area (Å²) < 4.78 is 0. The summed E-state index contributed by atoms with van der Waals surface area (Å²) in [5.41, 5.74) is 0. The van der Waals surface area contributed by atoms with Crippen LogP contribution >= 0.6 is 0 Å². The third-order valence-corrected chi connectivity index (χ3v) is 3.92. The smallest absolute Gasteiger partial charge is 0.233 e. The second-order valence-corrected chi connectivity index (χ2v) is 5.77. The first-order chi connectivity index (χ1) is 8.04. The topological polar surface area (TPSA) is 41.1 Å². The van der Waals surface area contributed by atoms with Crippen molar-refractivity contribution in [2.75, 3.05) is 13.1 Å². The van der Waals surface area contributed by atoms with Crippen molar-refractivity contribution in [1.82, 2.24) is 10.6 Å². The van der Waals surface area contributed by atoms with E-state index in [2.05, 4.69) is 31.4 Å². The van der Waals surface area contributed by atoms with Crippen molar-refractivity contribution < 1.29 is 4.79 Å². The molecule has 0 aliphatic heterocycles. The minimum Gasteiger partial charge on any atom is -0.355 e. The van der Waals surface area contributed by atoms with Gasteiger partial charge in [0.25, 0.3) is 0 Å². The summed E-state index contributed by atoms with van der Waals surface area (Å²) in [5.74, 6) is 2.33. The molecule has 0 aromatic carbocycles. The van der Waals surface area contributed by atoms with Crippen molar-refractivity contribution in [3.63, 3.8) is 0 Å². The first kappa shape index (κ1) is 14.5. The summed E-state index contributed by atoms with van der Waals surface area (Å²) in [4.78, 5) is 11.5. The predicted octanol–water partition coefficient (Wildman–Crippen LogP) is 2.17. The van der Waals surface area contributed by atoms with Gasteiger partial charge < -0.3 is 10.6 Å². The number of nitrogens with one attached hydrogen (secondary N) is 2. The fraction of sp³-hybridized carbons (Fsp3) is 0.929. The van der Waals surface area contributed by atoms with Crippen LogP contribution in [0.25, 0.3) is 0 Å². The van der Waals surface area contributed by atoms with Gasteiger partial charge in [-0.1, -0.05) is 27.2 Å². The van der Waals surface area contributed by atoms with E-state index in [1.807, 2.05) is 6.92 Å². The first-order valence-corrected chi connectivity index (χ1v) is 7.04. The molecule has 0 saturated heterocycles. The zero-order valence-electron chi connectivity index (χ0n) is 11.8. The van der Waals surface area contributed by atoms with Crippen LogP contribution in [-0.4, -0.2) is 25.0 Å². The highest BCUT2D eigenvalue weighted by atomic mass is 16.1. The van der Waals surface area contributed by atoms with E-state index in [0.717, 1.165) is 18.4 Å². The van der Waals surface area contributed by atoms with Crippen molar-refractivity contribution in [3.8, 4) is 0 Å². The van der Waals surface area contributed by atoms with Gasteiger partial charge in [0.1, 0.15) is 0 Å². The summed E-state index contributed by atoms with van der Waals surface area (Å²) in [7, 11) is 0. The second-order valence-electron chi connectivity index (χ2n) is 5.77. The molecule has 3 unspecified atom stereocenters. The zero-order chi connectivity index (χ0) is 12.8. The lowest BCUT2D eigenvalue weighted by Crippen LogP contribution is -2.46. The Hall–Kier alpha value is -0.570. The molecule has 3 atom stereocenters. The number of carbonyl (C=O) groups excluding carboxylic acids is 1. The second kappa shape index (κ2) is 7.00. The van der Waals surface area contributed by atoms with Crippen LogP contribution in [0, 0.1) is 17.8 Å². The van der Waals surface area contributed by atoms with Gasteiger partial charge in [-0.2, -0.15) is 0 Å². The van der Waals surface area contributed by atoms with Crippen LogP contribution in [0.15, 0.2) is 0 Å². The van der Waals surface area contributed by atoms with Crippen molar-refractivity contribution in [1.29, 1.82) is 0 Å². The van der Waals surface area contributed by atoms with Crippen LogP contribution in [-0.2, 0) is 4.79 Å². The van der Waals surface area contributed by atoms with E-state index in [1.54, 1.807) is 0 Å². The largest absolute Gasteiger partial charge is 0.355 e. The van der Waals surface area contributed by atoms with Gasteiger partial charge >= 0.3 is 0 Å². The van der Waals surface area contributed by atoms with Crippen LogP contribution in [0.2, 0.25) is 0 Å². The van der Waals surface area contributed by atoms with Gasteiger partial charge in [-0.3, -0.25) is 4.79 Å². The fourth-order valence-electron chi connectivity index (χ4n) is 2.92. The molecule has 100 valence electrons. The average Bonchev–Trinajstić information content (AvgIpc) is 2.26. The molecule has 0 aromatic rings. The Balaban J connectivity index is 2.43. The Morgan fingerprint density at radius 1 is 1.35 bits per heavy atom. The molecular formula is C14H28N2O. The lowest BCUT2D eigenvalue weighted by molar-refractivity contribution is -0.120. The van der Waals surface area contributed by atoms with Gasteiger partial charge in [-0.25, -0.2) is 0 Å². The number of rotatable bonds is 5. The first-order valence-electron chi connectivity index (χ1n) is 7.04. The molecule has 3 nitrogen and oxygen atoms in total. The molecule has 2 N–H and O–H groups in total. The Labute approximate surface area is 106 Å². The molecule has 0 spiro atoms. The molecule has 0 heterocycles. The number of hydrogen-bond acceptors (Lipinski definition) is 2. The normalized spacial score (nSPS) is 29.4. The van der Waals surface area contributed by atoms with Crippen molar-refractivity contribution in [2.45, 2.75) is 53.0 Å². The Morgan fingerprint density at radius 3 is 2.65 bits per heavy atom. The van der Waals surface area contributed by atoms with Crippen LogP contribution in [0.1, 0.15) is 47.0 Å². The van der Waals surface area contributed by atoms with E-state index in [4.69, 9.17) is 0 Å². The average molecular weight is 240 g/mol. The SMILES string of the molecule is CCNC(=O)CNC1CC(C)CCC1C(C)C. The Bertz CT molecular complexity index is 240. The van der Waals surface area contributed by atoms with Crippen molar-refractivity contribution in [3.05, 3.63) is 0 Å². The molecule has 3 heteroatoms. The van der Waals surface area contributed by atoms with Crippen LogP contribution in [0.5, 0.6) is 0 Å². The number of amides is 1. The van der Waals surface area contributed by atoms with E-state index in [0.29, 0.717) is 18.5 Å². The van der Waals surface area contributed by atoms with E-state index < -0.39 is 0 Å². The molecule has 1 aliphatic carbocycles. The Kier molecular flexibility index (Phi) is 5.96. The van der Waals surface area contributed by atoms with E-state index >= 15 is 0 Å². The highest BCUT2D eigenvalue weighted by Gasteiger charge is 2.30. The molecule has 1 amide bonds. The van der Waals surface area contributed by atoms with E-state index in [-0.39, 0.29) is 5.91 Å². The monoisotopic (exact) mass is 240 g/mol. The minimum absolute atomic E-state index is 0.119. The van der Waals surface area contributed by atoms with Gasteiger partial charge in [-0.15, -0.1) is 0 Å². The van der Waals surface area contributed by atoms with Crippen LogP contribution in [0.4, 0.5) is 0 Å². The maximum atomic E-state index is 11.5. The molecule has 0 aromatic heterocycles. The fourth-order valence-corrected chi connectivity index (χ4v) is 2.92. The Morgan fingerprint density at radius 2 is 2.06 bits per heavy atom. The van der Waals surface area contributed by atoms with Crippen LogP contribution in [0.3, 0.4) is 0 Å². The lowest BCUT2D eigenvalue weighted by atomic mass is 9.74. The standard InChI is InChI=1S/C14H28N2O/c1-5-15-14(17)9-16-13-8-11(4)6-7-12(13)10(2)3/h10-13,16H,5-9H2,1-4H3,(H,15,17). The summed E-state index contributed by atoms with van der Waals surface area (Å²) in [5, 5.41) is 6.29. The van der Waals surface area contributed by atoms with Crippen molar-refractivity contribution in [2.24, 2.45) is 17.8 Å². The van der Waals surface area contributed by atoms with Gasteiger partial charge in [-0.05, 0) is 37.5 Å². The molecule has 1 fully saturated rings. The maximum absolute atomic E-state index is 11.5. The number of hydrogen-bond donors (Lipinski definition) is 2. The highest BCUT2D eigenvalue weighted by molar-refractivity contribution is 5.77. The quantitative estimate of drug-likeness (QED) is 0.773. The summed E-state index contributed by atoms with van der Waals surface area (Å²) in [6.07, 6.45) is 3.84. The zero-order valence-corrected chi connectivity index (χ0v) is 11.8. The molecular weight excluding hydrogens is 212 g/mol. The summed E-state index contributed by atoms with van der Waals surface area (Å²) in [6.45, 7) is 10.0. The van der Waals surface area contributed by atoms with E-state index in [1.165, 1.54) is 19.3 Å². The lowest BCUT2D eigenvalue weighted by Gasteiger charge is -2.37. The molecule has 1 aliphatic rings. The predicted molar refractivity (Wildman–Crippen MR) is 71.8 cm³/mol. The van der Waals surface area contributed by atoms with Gasteiger partial charge in [0.15, 0.2) is 0 Å². The van der Waals surface area contributed by atoms with Gasteiger partial charge in [0.2, 0.25) is 5.91 Å². The van der Waals surface area contributed by atoms with Crippen molar-refractivity contribution >= 4 is 5.91 Å². The van der Waals surface area contributed by atoms with Gasteiger partial charge in [0.05, 0.1) is 6.54 Å². The molecule has 0 bridgehead atoms. The molecule has 0 radical (unpaired) electrons. The van der Waals surface area contributed by atoms with Crippen LogP contribution < -0.4 is 10.6 Å². The summed E-state index contributed by atoms with van der Waals surface area (Å²) >= 11 is 0. The third-order valence-electron chi connectivity index (χ3n) is 3.92. The number of likely N-dealkylation sites (N-methyl/N-ethyl adjacent to an activating group) is 1. The molecule has 1 rings (SSSR count). The summed E-state index contributed by atoms with van der Waals surface area (Å²) in [6, 6.07) is 0.515. The minimum atomic E-state index is 0.119.